The number of aliphatic carboxylic acids is 1. The van der Waals surface area contributed by atoms with Gasteiger partial charge in [-0.1, -0.05) is 0 Å². The third kappa shape index (κ3) is 3.61. The summed E-state index contributed by atoms with van der Waals surface area (Å²) in [6.45, 7) is 3.85. The first-order valence-corrected chi connectivity index (χ1v) is 4.01. The zero-order valence-electron chi connectivity index (χ0n) is 7.78. The molecule has 0 bridgehead atoms. The van der Waals surface area contributed by atoms with Crippen molar-refractivity contribution in [3.05, 3.63) is 0 Å². The Labute approximate surface area is 77.5 Å². The summed E-state index contributed by atoms with van der Waals surface area (Å²) in [4.78, 5) is 22.8. The second-order valence-electron chi connectivity index (χ2n) is 2.68. The number of nitrogens with zero attached hydrogens (tertiary/aromatic N) is 1. The van der Waals surface area contributed by atoms with Crippen LogP contribution in [-0.4, -0.2) is 34.5 Å². The Morgan fingerprint density at radius 3 is 2.46 bits per heavy atom. The van der Waals surface area contributed by atoms with Crippen molar-refractivity contribution in [3.63, 3.8) is 0 Å². The highest BCUT2D eigenvalue weighted by molar-refractivity contribution is 5.93. The van der Waals surface area contributed by atoms with E-state index in [1.807, 2.05) is 5.92 Å². The van der Waals surface area contributed by atoms with Gasteiger partial charge in [0.25, 0.3) is 5.91 Å². The normalized spacial score (nSPS) is 11.5. The van der Waals surface area contributed by atoms with E-state index >= 15 is 0 Å². The van der Waals surface area contributed by atoms with Gasteiger partial charge in [0.2, 0.25) is 0 Å². The number of carboxylic acid groups (broad SMARTS) is 1. The van der Waals surface area contributed by atoms with Gasteiger partial charge in [0.15, 0.2) is 0 Å². The molecule has 0 saturated carbocycles. The van der Waals surface area contributed by atoms with Gasteiger partial charge in [0.1, 0.15) is 0 Å². The Bertz CT molecular complexity index is 242. The smallest absolute Gasteiger partial charge is 0.305 e. The Kier molecular flexibility index (Phi) is 4.60. The minimum absolute atomic E-state index is 0.0821. The second-order valence-corrected chi connectivity index (χ2v) is 2.68. The number of hydrogen-bond donors (Lipinski definition) is 1. The maximum Gasteiger partial charge on any atom is 0.305 e. The molecule has 0 spiro atoms. The van der Waals surface area contributed by atoms with Gasteiger partial charge in [-0.15, -0.1) is 6.42 Å². The van der Waals surface area contributed by atoms with Crippen LogP contribution in [0.5, 0.6) is 0 Å². The molecule has 0 aliphatic rings. The Morgan fingerprint density at radius 2 is 2.15 bits per heavy atom. The molecule has 1 atom stereocenters. The zero-order valence-corrected chi connectivity index (χ0v) is 7.78. The van der Waals surface area contributed by atoms with E-state index in [2.05, 4.69) is 0 Å². The largest absolute Gasteiger partial charge is 0.481 e. The van der Waals surface area contributed by atoms with E-state index in [0.29, 0.717) is 6.54 Å². The number of carboxylic acids is 1. The van der Waals surface area contributed by atoms with Gasteiger partial charge in [0, 0.05) is 12.6 Å². The molecule has 0 aromatic rings. The molecule has 4 nitrogen and oxygen atoms in total. The average Bonchev–Trinajstić information content (AvgIpc) is 2.03. The van der Waals surface area contributed by atoms with Crippen molar-refractivity contribution >= 4 is 11.9 Å². The molecule has 0 fully saturated rings. The van der Waals surface area contributed by atoms with Crippen molar-refractivity contribution in [2.75, 3.05) is 6.54 Å². The molecular formula is C9H13NO3. The van der Waals surface area contributed by atoms with Gasteiger partial charge >= 0.3 is 5.97 Å². The number of amides is 1. The van der Waals surface area contributed by atoms with Crippen molar-refractivity contribution < 1.29 is 14.7 Å². The summed E-state index contributed by atoms with van der Waals surface area (Å²) in [6, 6.07) is -0.356. The molecule has 0 rings (SSSR count). The van der Waals surface area contributed by atoms with Crippen molar-refractivity contribution in [1.29, 1.82) is 0 Å². The number of carbonyl (C=O) groups is 2. The van der Waals surface area contributed by atoms with Crippen LogP contribution in [0.3, 0.4) is 0 Å². The molecular weight excluding hydrogens is 170 g/mol. The zero-order chi connectivity index (χ0) is 10.4. The summed E-state index contributed by atoms with van der Waals surface area (Å²) < 4.78 is 0. The van der Waals surface area contributed by atoms with Crippen LogP contribution in [0.4, 0.5) is 0 Å². The van der Waals surface area contributed by atoms with E-state index in [4.69, 9.17) is 11.5 Å². The molecule has 0 radical (unpaired) electrons. The fraction of sp³-hybridized carbons (Fsp3) is 0.556. The molecule has 1 amide bonds. The van der Waals surface area contributed by atoms with Crippen LogP contribution in [0.25, 0.3) is 0 Å². The highest BCUT2D eigenvalue weighted by atomic mass is 16.4. The molecule has 1 N–H and O–H groups in total. The van der Waals surface area contributed by atoms with Crippen molar-refractivity contribution in [3.8, 4) is 12.3 Å². The number of carbonyl (C=O) groups excluding carboxylic acids is 1. The van der Waals surface area contributed by atoms with Gasteiger partial charge in [-0.3, -0.25) is 9.59 Å². The van der Waals surface area contributed by atoms with Crippen LogP contribution >= 0.6 is 0 Å². The summed E-state index contributed by atoms with van der Waals surface area (Å²) >= 11 is 0. The third-order valence-corrected chi connectivity index (χ3v) is 1.73. The summed E-state index contributed by atoms with van der Waals surface area (Å²) in [7, 11) is 0. The first kappa shape index (κ1) is 11.5. The first-order chi connectivity index (χ1) is 6.02. The first-order valence-electron chi connectivity index (χ1n) is 4.01. The molecule has 0 heterocycles. The van der Waals surface area contributed by atoms with Crippen LogP contribution in [-0.2, 0) is 9.59 Å². The fourth-order valence-corrected chi connectivity index (χ4v) is 1.10. The summed E-state index contributed by atoms with van der Waals surface area (Å²) in [6.07, 6.45) is 4.85. The molecule has 0 aromatic carbocycles. The van der Waals surface area contributed by atoms with Gasteiger partial charge < -0.3 is 10.0 Å². The minimum Gasteiger partial charge on any atom is -0.481 e. The predicted molar refractivity (Wildman–Crippen MR) is 47.9 cm³/mol. The van der Waals surface area contributed by atoms with E-state index in [-0.39, 0.29) is 12.5 Å². The fourth-order valence-electron chi connectivity index (χ4n) is 1.10. The Morgan fingerprint density at radius 1 is 1.62 bits per heavy atom. The molecule has 0 saturated heterocycles. The van der Waals surface area contributed by atoms with E-state index < -0.39 is 11.9 Å². The topological polar surface area (TPSA) is 57.6 Å². The van der Waals surface area contributed by atoms with Crippen LogP contribution < -0.4 is 0 Å². The maximum atomic E-state index is 11.1. The highest BCUT2D eigenvalue weighted by Gasteiger charge is 2.18. The van der Waals surface area contributed by atoms with E-state index in [0.717, 1.165) is 0 Å². The Balaban J connectivity index is 4.33. The minimum atomic E-state index is -0.934. The summed E-state index contributed by atoms with van der Waals surface area (Å²) in [5.74, 6) is 0.568. The van der Waals surface area contributed by atoms with E-state index in [1.54, 1.807) is 13.8 Å². The number of terminal acetylenes is 1. The molecule has 0 aliphatic heterocycles. The molecule has 0 aromatic heterocycles. The predicted octanol–water partition coefficient (Wildman–Crippen LogP) is 0.331. The van der Waals surface area contributed by atoms with Crippen LogP contribution in [0, 0.1) is 12.3 Å². The van der Waals surface area contributed by atoms with Gasteiger partial charge in [-0.05, 0) is 19.8 Å². The Hall–Kier alpha value is -1.50. The van der Waals surface area contributed by atoms with Crippen molar-refractivity contribution in [2.45, 2.75) is 26.3 Å². The SMILES string of the molecule is C#CC(=O)N(CC)C(C)CC(=O)O. The lowest BCUT2D eigenvalue weighted by atomic mass is 10.2. The summed E-state index contributed by atoms with van der Waals surface area (Å²) in [5.41, 5.74) is 0. The van der Waals surface area contributed by atoms with E-state index in [1.165, 1.54) is 4.90 Å². The molecule has 4 heteroatoms. The number of rotatable bonds is 4. The molecule has 1 unspecified atom stereocenters. The summed E-state index contributed by atoms with van der Waals surface area (Å²) in [5, 5.41) is 8.49. The van der Waals surface area contributed by atoms with Gasteiger partial charge in [-0.25, -0.2) is 0 Å². The van der Waals surface area contributed by atoms with Crippen molar-refractivity contribution in [1.82, 2.24) is 4.90 Å². The molecule has 0 aliphatic carbocycles. The van der Waals surface area contributed by atoms with E-state index in [9.17, 15) is 9.59 Å². The van der Waals surface area contributed by atoms with Crippen LogP contribution in [0.2, 0.25) is 0 Å². The monoisotopic (exact) mass is 183 g/mol. The molecule has 72 valence electrons. The molecule has 13 heavy (non-hydrogen) atoms. The quantitative estimate of drug-likeness (QED) is 0.639. The highest BCUT2D eigenvalue weighted by Crippen LogP contribution is 2.03. The van der Waals surface area contributed by atoms with Crippen LogP contribution in [0.15, 0.2) is 0 Å². The lowest BCUT2D eigenvalue weighted by molar-refractivity contribution is -0.139. The second kappa shape index (κ2) is 5.20. The van der Waals surface area contributed by atoms with Gasteiger partial charge in [-0.2, -0.15) is 0 Å². The third-order valence-electron chi connectivity index (χ3n) is 1.73. The lowest BCUT2D eigenvalue weighted by Gasteiger charge is -2.24. The average molecular weight is 183 g/mol. The lowest BCUT2D eigenvalue weighted by Crippen LogP contribution is -2.38. The maximum absolute atomic E-state index is 11.1. The van der Waals surface area contributed by atoms with Gasteiger partial charge in [0.05, 0.1) is 6.42 Å². The number of hydrogen-bond acceptors (Lipinski definition) is 2. The standard InChI is InChI=1S/C9H13NO3/c1-4-8(11)10(5-2)7(3)6-9(12)13/h1,7H,5-6H2,2-3H3,(H,12,13). The van der Waals surface area contributed by atoms with Crippen molar-refractivity contribution in [2.24, 2.45) is 0 Å². The van der Waals surface area contributed by atoms with Crippen LogP contribution in [0.1, 0.15) is 20.3 Å².